The zero-order valence-corrected chi connectivity index (χ0v) is 9.12. The summed E-state index contributed by atoms with van der Waals surface area (Å²) < 4.78 is 0. The summed E-state index contributed by atoms with van der Waals surface area (Å²) in [4.78, 5) is 4.38. The summed E-state index contributed by atoms with van der Waals surface area (Å²) in [5.41, 5.74) is 2.47. The van der Waals surface area contributed by atoms with Crippen molar-refractivity contribution >= 4 is 10.9 Å². The fourth-order valence-corrected chi connectivity index (χ4v) is 2.26. The average molecular weight is 212 g/mol. The molecule has 0 spiro atoms. The maximum absolute atomic E-state index is 9.27. The summed E-state index contributed by atoms with van der Waals surface area (Å²) in [6, 6.07) is 4.42. The Morgan fingerprint density at radius 3 is 2.94 bits per heavy atom. The van der Waals surface area contributed by atoms with Crippen molar-refractivity contribution < 1.29 is 0 Å². The van der Waals surface area contributed by atoms with Crippen molar-refractivity contribution in [3.8, 4) is 6.07 Å². The highest BCUT2D eigenvalue weighted by Crippen LogP contribution is 2.42. The molecule has 2 aromatic rings. The number of nitriles is 1. The van der Waals surface area contributed by atoms with Gasteiger partial charge in [-0.05, 0) is 32.3 Å². The van der Waals surface area contributed by atoms with E-state index in [4.69, 9.17) is 0 Å². The molecule has 3 rings (SSSR count). The van der Waals surface area contributed by atoms with Gasteiger partial charge in [-0.2, -0.15) is 10.4 Å². The van der Waals surface area contributed by atoms with E-state index in [0.29, 0.717) is 0 Å². The van der Waals surface area contributed by atoms with Gasteiger partial charge in [0.15, 0.2) is 0 Å². The number of pyridine rings is 1. The average Bonchev–Trinajstić information content (AvgIpc) is 2.60. The van der Waals surface area contributed by atoms with Crippen LogP contribution >= 0.6 is 0 Å². The number of hydrogen-bond acceptors (Lipinski definition) is 3. The Hall–Kier alpha value is -1.89. The Labute approximate surface area is 93.3 Å². The molecular formula is C12H12N4. The highest BCUT2D eigenvalue weighted by molar-refractivity contribution is 5.80. The monoisotopic (exact) mass is 212 g/mol. The van der Waals surface area contributed by atoms with Gasteiger partial charge in [-0.15, -0.1) is 0 Å². The molecule has 4 nitrogen and oxygen atoms in total. The van der Waals surface area contributed by atoms with E-state index in [0.717, 1.165) is 41.6 Å². The fourth-order valence-electron chi connectivity index (χ4n) is 2.26. The lowest BCUT2D eigenvalue weighted by atomic mass is 9.67. The van der Waals surface area contributed by atoms with Crippen molar-refractivity contribution in [2.24, 2.45) is 0 Å². The van der Waals surface area contributed by atoms with Crippen LogP contribution in [0.2, 0.25) is 0 Å². The van der Waals surface area contributed by atoms with E-state index >= 15 is 0 Å². The molecule has 0 aromatic carbocycles. The van der Waals surface area contributed by atoms with Gasteiger partial charge in [-0.25, -0.2) is 0 Å². The van der Waals surface area contributed by atoms with E-state index in [9.17, 15) is 5.26 Å². The Bertz CT molecular complexity index is 587. The summed E-state index contributed by atoms with van der Waals surface area (Å²) >= 11 is 0. The lowest BCUT2D eigenvalue weighted by Gasteiger charge is -2.34. The minimum absolute atomic E-state index is 0.335. The third-order valence-corrected chi connectivity index (χ3v) is 3.54. The highest BCUT2D eigenvalue weighted by Gasteiger charge is 2.40. The summed E-state index contributed by atoms with van der Waals surface area (Å²) in [6.45, 7) is 1.99. The first-order chi connectivity index (χ1) is 7.75. The molecule has 1 aliphatic rings. The number of nitrogens with one attached hydrogen (secondary N) is 1. The largest absolute Gasteiger partial charge is 0.282 e. The number of H-pyrrole nitrogens is 1. The summed E-state index contributed by atoms with van der Waals surface area (Å²) in [5.74, 6) is 0. The van der Waals surface area contributed by atoms with E-state index in [-0.39, 0.29) is 5.41 Å². The predicted molar refractivity (Wildman–Crippen MR) is 59.8 cm³/mol. The third-order valence-electron chi connectivity index (χ3n) is 3.54. The number of fused-ring (bicyclic) bond motifs is 1. The van der Waals surface area contributed by atoms with Gasteiger partial charge in [-0.1, -0.05) is 0 Å². The third kappa shape index (κ3) is 1.09. The second kappa shape index (κ2) is 3.05. The predicted octanol–water partition coefficient (Wildman–Crippen LogP) is 2.21. The second-order valence-corrected chi connectivity index (χ2v) is 4.48. The highest BCUT2D eigenvalue weighted by atomic mass is 15.1. The topological polar surface area (TPSA) is 65.4 Å². The summed E-state index contributed by atoms with van der Waals surface area (Å²) in [6.07, 6.45) is 4.74. The van der Waals surface area contributed by atoms with Crippen LogP contribution in [0.4, 0.5) is 0 Å². The van der Waals surface area contributed by atoms with Crippen molar-refractivity contribution in [2.75, 3.05) is 0 Å². The Kier molecular flexibility index (Phi) is 1.78. The molecule has 1 saturated carbocycles. The number of nitrogens with zero attached hydrogens (tertiary/aromatic N) is 3. The van der Waals surface area contributed by atoms with E-state index in [1.54, 1.807) is 6.20 Å². The Morgan fingerprint density at radius 2 is 2.31 bits per heavy atom. The molecule has 0 bridgehead atoms. The minimum Gasteiger partial charge on any atom is -0.282 e. The standard InChI is InChI=1S/C12H12N4/c1-8-9-5-11(12(7-13)3-2-4-12)14-6-10(9)16-15-8/h5-6H,2-4H2,1H3,(H,15,16). The van der Waals surface area contributed by atoms with Crippen molar-refractivity contribution in [1.29, 1.82) is 5.26 Å². The summed E-state index contributed by atoms with van der Waals surface area (Å²) in [5, 5.41) is 17.4. The molecule has 0 unspecified atom stereocenters. The first-order valence-electron chi connectivity index (χ1n) is 5.48. The van der Waals surface area contributed by atoms with Crippen molar-refractivity contribution in [3.05, 3.63) is 23.7 Å². The van der Waals surface area contributed by atoms with Crippen LogP contribution < -0.4 is 0 Å². The molecule has 4 heteroatoms. The van der Waals surface area contributed by atoms with E-state index in [2.05, 4.69) is 21.3 Å². The number of aromatic nitrogens is 3. The number of aromatic amines is 1. The molecule has 16 heavy (non-hydrogen) atoms. The van der Waals surface area contributed by atoms with Crippen LogP contribution in [0.1, 0.15) is 30.7 Å². The number of aryl methyl sites for hydroxylation is 1. The molecule has 80 valence electrons. The van der Waals surface area contributed by atoms with Gasteiger partial charge in [0.25, 0.3) is 0 Å². The van der Waals surface area contributed by atoms with E-state index in [1.165, 1.54) is 0 Å². The zero-order chi connectivity index (χ0) is 11.2. The van der Waals surface area contributed by atoms with Gasteiger partial charge >= 0.3 is 0 Å². The van der Waals surface area contributed by atoms with Crippen LogP contribution in [0.25, 0.3) is 10.9 Å². The van der Waals surface area contributed by atoms with Gasteiger partial charge in [-0.3, -0.25) is 10.1 Å². The van der Waals surface area contributed by atoms with Crippen LogP contribution in [-0.2, 0) is 5.41 Å². The quantitative estimate of drug-likeness (QED) is 0.788. The van der Waals surface area contributed by atoms with Crippen LogP contribution in [0.15, 0.2) is 12.3 Å². The maximum Gasteiger partial charge on any atom is 0.111 e. The first kappa shape index (κ1) is 9.34. The van der Waals surface area contributed by atoms with Crippen molar-refractivity contribution in [3.63, 3.8) is 0 Å². The van der Waals surface area contributed by atoms with Crippen LogP contribution in [0, 0.1) is 18.3 Å². The fraction of sp³-hybridized carbons (Fsp3) is 0.417. The maximum atomic E-state index is 9.27. The number of rotatable bonds is 1. The summed E-state index contributed by atoms with van der Waals surface area (Å²) in [7, 11) is 0. The normalized spacial score (nSPS) is 18.0. The SMILES string of the molecule is Cc1[nH]nc2cnc(C3(C#N)CCC3)cc12. The van der Waals surface area contributed by atoms with Crippen LogP contribution in [-0.4, -0.2) is 15.2 Å². The van der Waals surface area contributed by atoms with Gasteiger partial charge in [0, 0.05) is 11.1 Å². The van der Waals surface area contributed by atoms with Crippen LogP contribution in [0.3, 0.4) is 0 Å². The van der Waals surface area contributed by atoms with Crippen molar-refractivity contribution in [1.82, 2.24) is 15.2 Å². The molecule has 0 saturated heterocycles. The second-order valence-electron chi connectivity index (χ2n) is 4.48. The molecular weight excluding hydrogens is 200 g/mol. The molecule has 0 aliphatic heterocycles. The Morgan fingerprint density at radius 1 is 1.50 bits per heavy atom. The molecule has 1 N–H and O–H groups in total. The van der Waals surface area contributed by atoms with E-state index in [1.807, 2.05) is 13.0 Å². The first-order valence-corrected chi connectivity index (χ1v) is 5.48. The smallest absolute Gasteiger partial charge is 0.111 e. The van der Waals surface area contributed by atoms with Gasteiger partial charge in [0.05, 0.1) is 23.4 Å². The van der Waals surface area contributed by atoms with Gasteiger partial charge in [0.2, 0.25) is 0 Å². The molecule has 0 amide bonds. The van der Waals surface area contributed by atoms with E-state index < -0.39 is 0 Å². The zero-order valence-electron chi connectivity index (χ0n) is 9.12. The molecule has 1 fully saturated rings. The van der Waals surface area contributed by atoms with Crippen molar-refractivity contribution in [2.45, 2.75) is 31.6 Å². The van der Waals surface area contributed by atoms with Gasteiger partial charge < -0.3 is 0 Å². The lowest BCUT2D eigenvalue weighted by molar-refractivity contribution is 0.316. The lowest BCUT2D eigenvalue weighted by Crippen LogP contribution is -2.33. The molecule has 2 aromatic heterocycles. The molecule has 1 aliphatic carbocycles. The number of hydrogen-bond donors (Lipinski definition) is 1. The van der Waals surface area contributed by atoms with Gasteiger partial charge in [0.1, 0.15) is 5.52 Å². The molecule has 2 heterocycles. The minimum atomic E-state index is -0.335. The van der Waals surface area contributed by atoms with Crippen LogP contribution in [0.5, 0.6) is 0 Å². The molecule has 0 radical (unpaired) electrons. The molecule has 0 atom stereocenters. The Balaban J connectivity index is 2.18.